The highest BCUT2D eigenvalue weighted by molar-refractivity contribution is 5.69. The molecule has 260 valence electrons. The van der Waals surface area contributed by atoms with Crippen LogP contribution in [0, 0.1) is 11.8 Å². The molecule has 12 N–H and O–H groups in total. The Kier molecular flexibility index (Phi) is 16.2. The maximum Gasteiger partial charge on any atom is 0.306 e. The summed E-state index contributed by atoms with van der Waals surface area (Å²) in [5.74, 6) is -1.83. The summed E-state index contributed by atoms with van der Waals surface area (Å²) in [6.07, 6.45) is -18.3. The highest BCUT2D eigenvalue weighted by atomic mass is 16.7. The number of carboxylic acids is 1. The third-order valence-electron chi connectivity index (χ3n) is 8.41. The van der Waals surface area contributed by atoms with E-state index in [1.807, 2.05) is 6.92 Å². The van der Waals surface area contributed by atoms with Crippen LogP contribution in [0.5, 0.6) is 0 Å². The van der Waals surface area contributed by atoms with Gasteiger partial charge in [0, 0.05) is 5.92 Å². The van der Waals surface area contributed by atoms with Gasteiger partial charge in [0.1, 0.15) is 54.9 Å². The number of carbonyl (C=O) groups is 1. The Morgan fingerprint density at radius 2 is 1.27 bits per heavy atom. The third-order valence-corrected chi connectivity index (χ3v) is 8.41. The second-order valence-electron chi connectivity index (χ2n) is 11.4. The molecule has 0 radical (unpaired) electrons. The molecule has 3 aliphatic heterocycles. The van der Waals surface area contributed by atoms with E-state index in [-0.39, 0.29) is 12.3 Å². The van der Waals surface area contributed by atoms with Crippen molar-refractivity contribution in [3.8, 4) is 0 Å². The second kappa shape index (κ2) is 18.3. The fourth-order valence-electron chi connectivity index (χ4n) is 5.55. The maximum absolute atomic E-state index is 10.7. The molecule has 16 atom stereocenters. The first-order valence-electron chi connectivity index (χ1n) is 14.9. The van der Waals surface area contributed by atoms with E-state index in [0.717, 1.165) is 25.7 Å². The lowest BCUT2D eigenvalue weighted by molar-refractivity contribution is -0.353. The number of aliphatic hydroxyl groups is 11. The molecular formula is C27H50O17. The lowest BCUT2D eigenvalue weighted by Crippen LogP contribution is -2.64. The van der Waals surface area contributed by atoms with Gasteiger partial charge in [-0.05, 0) is 19.3 Å². The molecule has 0 aliphatic carbocycles. The largest absolute Gasteiger partial charge is 0.481 e. The maximum atomic E-state index is 10.7. The van der Waals surface area contributed by atoms with Crippen LogP contribution in [0.3, 0.4) is 0 Å². The van der Waals surface area contributed by atoms with E-state index >= 15 is 0 Å². The number of aliphatic hydroxyl groups excluding tert-OH is 11. The first kappa shape index (κ1) is 39.1. The van der Waals surface area contributed by atoms with Gasteiger partial charge in [-0.25, -0.2) is 0 Å². The van der Waals surface area contributed by atoms with Crippen molar-refractivity contribution in [2.45, 2.75) is 132 Å². The molecule has 0 aromatic rings. The Morgan fingerprint density at radius 1 is 0.682 bits per heavy atom. The van der Waals surface area contributed by atoms with Gasteiger partial charge in [-0.2, -0.15) is 0 Å². The first-order chi connectivity index (χ1) is 20.8. The molecule has 44 heavy (non-hydrogen) atoms. The van der Waals surface area contributed by atoms with Crippen LogP contribution < -0.4 is 0 Å². The lowest BCUT2D eigenvalue weighted by atomic mass is 9.81. The number of hydrogen-bond donors (Lipinski definition) is 12. The SMILES string of the molecule is CCCCC(CC)C(=O)O.OCC1OC(CC2C(CO)OC(OC3C(CO)OC(O)C(O)C3O)C(O)C2O)C(O)C(O)C1O. The minimum atomic E-state index is -1.80. The fraction of sp³-hybridized carbons (Fsp3) is 0.963. The van der Waals surface area contributed by atoms with Crippen LogP contribution in [0.25, 0.3) is 0 Å². The average molecular weight is 647 g/mol. The van der Waals surface area contributed by atoms with E-state index in [1.165, 1.54) is 0 Å². The topological polar surface area (TPSA) is 297 Å². The number of carboxylic acid groups (broad SMARTS) is 1. The number of hydrogen-bond acceptors (Lipinski definition) is 16. The highest BCUT2D eigenvalue weighted by Gasteiger charge is 2.52. The molecule has 0 amide bonds. The Bertz CT molecular complexity index is 830. The van der Waals surface area contributed by atoms with Gasteiger partial charge in [0.2, 0.25) is 0 Å². The van der Waals surface area contributed by atoms with Gasteiger partial charge >= 0.3 is 5.97 Å². The van der Waals surface area contributed by atoms with Crippen LogP contribution in [-0.2, 0) is 23.7 Å². The monoisotopic (exact) mass is 646 g/mol. The standard InChI is InChI=1S/C19H34O15.C8H16O2/c20-2-7-5(1-6-11(24)13(26)12(25)8(3-21)31-6)10(23)16(29)19(33-7)34-17-9(4-22)32-18(30)15(28)14(17)27;1-3-5-6-7(4-2)8(9)10/h5-30H,1-4H2;7H,3-6H2,1-2H3,(H,9,10). The van der Waals surface area contributed by atoms with Gasteiger partial charge in [0.05, 0.1) is 44.1 Å². The summed E-state index contributed by atoms with van der Waals surface area (Å²) in [4.78, 5) is 10.4. The van der Waals surface area contributed by atoms with E-state index in [9.17, 15) is 61.0 Å². The molecular weight excluding hydrogens is 596 g/mol. The van der Waals surface area contributed by atoms with Crippen molar-refractivity contribution >= 4 is 5.97 Å². The van der Waals surface area contributed by atoms with Gasteiger partial charge in [-0.1, -0.05) is 26.7 Å². The normalized spacial score (nSPS) is 43.5. The molecule has 0 aromatic heterocycles. The van der Waals surface area contributed by atoms with Gasteiger partial charge < -0.3 is 80.2 Å². The van der Waals surface area contributed by atoms with Crippen LogP contribution in [0.1, 0.15) is 46.0 Å². The summed E-state index contributed by atoms with van der Waals surface area (Å²) >= 11 is 0. The number of aliphatic carboxylic acids is 1. The molecule has 3 aliphatic rings. The van der Waals surface area contributed by atoms with Crippen molar-refractivity contribution in [2.24, 2.45) is 11.8 Å². The molecule has 3 saturated heterocycles. The lowest BCUT2D eigenvalue weighted by Gasteiger charge is -2.48. The summed E-state index contributed by atoms with van der Waals surface area (Å²) in [6, 6.07) is 0. The summed E-state index contributed by atoms with van der Waals surface area (Å²) in [7, 11) is 0. The predicted octanol–water partition coefficient (Wildman–Crippen LogP) is -4.62. The molecule has 3 rings (SSSR count). The second-order valence-corrected chi connectivity index (χ2v) is 11.4. The zero-order chi connectivity index (χ0) is 33.3. The number of ether oxygens (including phenoxy) is 4. The molecule has 16 unspecified atom stereocenters. The van der Waals surface area contributed by atoms with E-state index in [4.69, 9.17) is 24.1 Å². The van der Waals surface area contributed by atoms with Crippen LogP contribution in [0.4, 0.5) is 0 Å². The Labute approximate surface area is 254 Å². The summed E-state index contributed by atoms with van der Waals surface area (Å²) in [5, 5.41) is 118. The minimum Gasteiger partial charge on any atom is -0.481 e. The highest BCUT2D eigenvalue weighted by Crippen LogP contribution is 2.35. The number of rotatable bonds is 12. The van der Waals surface area contributed by atoms with E-state index < -0.39 is 118 Å². The Morgan fingerprint density at radius 3 is 1.80 bits per heavy atom. The Balaban J connectivity index is 0.000000580. The predicted molar refractivity (Wildman–Crippen MR) is 145 cm³/mol. The van der Waals surface area contributed by atoms with Crippen molar-refractivity contribution in [3.05, 3.63) is 0 Å². The summed E-state index contributed by atoms with van der Waals surface area (Å²) in [5.41, 5.74) is 0. The zero-order valence-corrected chi connectivity index (χ0v) is 24.8. The minimum absolute atomic E-state index is 0.111. The zero-order valence-electron chi connectivity index (χ0n) is 24.8. The van der Waals surface area contributed by atoms with E-state index in [2.05, 4.69) is 6.92 Å². The molecule has 0 saturated carbocycles. The molecule has 3 heterocycles. The number of unbranched alkanes of at least 4 members (excludes halogenated alkanes) is 1. The third kappa shape index (κ3) is 9.46. The van der Waals surface area contributed by atoms with Crippen LogP contribution in [-0.4, -0.2) is 173 Å². The molecule has 17 heteroatoms. The molecule has 0 spiro atoms. The van der Waals surface area contributed by atoms with Crippen molar-refractivity contribution < 1.29 is 85.0 Å². The molecule has 17 nitrogen and oxygen atoms in total. The van der Waals surface area contributed by atoms with Crippen LogP contribution in [0.2, 0.25) is 0 Å². The summed E-state index contributed by atoms with van der Waals surface area (Å²) < 4.78 is 21.4. The van der Waals surface area contributed by atoms with Crippen molar-refractivity contribution in [2.75, 3.05) is 19.8 Å². The van der Waals surface area contributed by atoms with Gasteiger partial charge in [0.15, 0.2) is 12.6 Å². The quantitative estimate of drug-likeness (QED) is 0.0949. The Hall–Kier alpha value is -1.13. The van der Waals surface area contributed by atoms with E-state index in [1.54, 1.807) is 0 Å². The average Bonchev–Trinajstić information content (AvgIpc) is 3.01. The van der Waals surface area contributed by atoms with Crippen molar-refractivity contribution in [3.63, 3.8) is 0 Å². The van der Waals surface area contributed by atoms with Gasteiger partial charge in [0.25, 0.3) is 0 Å². The molecule has 0 bridgehead atoms. The van der Waals surface area contributed by atoms with Crippen molar-refractivity contribution in [1.82, 2.24) is 0 Å². The van der Waals surface area contributed by atoms with Crippen molar-refractivity contribution in [1.29, 1.82) is 0 Å². The smallest absolute Gasteiger partial charge is 0.306 e. The summed E-state index contributed by atoms with van der Waals surface area (Å²) in [6.45, 7) is 1.91. The molecule has 0 aromatic carbocycles. The molecule has 3 fully saturated rings. The van der Waals surface area contributed by atoms with Crippen LogP contribution in [0.15, 0.2) is 0 Å². The van der Waals surface area contributed by atoms with Gasteiger partial charge in [-0.3, -0.25) is 4.79 Å². The van der Waals surface area contributed by atoms with Crippen LogP contribution >= 0.6 is 0 Å². The fourth-order valence-corrected chi connectivity index (χ4v) is 5.55. The van der Waals surface area contributed by atoms with Gasteiger partial charge in [-0.15, -0.1) is 0 Å². The van der Waals surface area contributed by atoms with E-state index in [0.29, 0.717) is 0 Å². The first-order valence-corrected chi connectivity index (χ1v) is 14.9.